The summed E-state index contributed by atoms with van der Waals surface area (Å²) in [6.07, 6.45) is 0.635. The van der Waals surface area contributed by atoms with Gasteiger partial charge in [0, 0.05) is 10.5 Å². The Hall–Kier alpha value is -1.03. The molecule has 0 spiro atoms. The van der Waals surface area contributed by atoms with Gasteiger partial charge in [0.2, 0.25) is 5.75 Å². The summed E-state index contributed by atoms with van der Waals surface area (Å²) in [7, 11) is 1.47. The lowest BCUT2D eigenvalue weighted by Gasteiger charge is -2.01. The van der Waals surface area contributed by atoms with Crippen molar-refractivity contribution in [2.75, 3.05) is 7.11 Å². The molecule has 3 nitrogen and oxygen atoms in total. The molecule has 0 aliphatic carbocycles. The molecule has 0 fully saturated rings. The van der Waals surface area contributed by atoms with Crippen LogP contribution in [0.15, 0.2) is 16.6 Å². The van der Waals surface area contributed by atoms with Crippen LogP contribution in [0, 0.1) is 0 Å². The maximum Gasteiger partial charge on any atom is 0.307 e. The molecule has 0 heterocycles. The molecule has 12 heavy (non-hydrogen) atoms. The third-order valence-corrected chi connectivity index (χ3v) is 1.90. The van der Waals surface area contributed by atoms with E-state index in [1.807, 2.05) is 0 Å². The van der Waals surface area contributed by atoms with Crippen LogP contribution in [-0.4, -0.2) is 18.5 Å². The van der Waals surface area contributed by atoms with Crippen molar-refractivity contribution in [3.05, 3.63) is 22.2 Å². The Balaban J connectivity index is 3.31. The Labute approximate surface area is 78.1 Å². The molecule has 0 saturated heterocycles. The highest BCUT2D eigenvalue weighted by atomic mass is 79.9. The minimum absolute atomic E-state index is 0.121. The molecule has 0 bridgehead atoms. The minimum atomic E-state index is 0.121. The Morgan fingerprint density at radius 1 is 1.58 bits per heavy atom. The quantitative estimate of drug-likeness (QED) is 0.575. The number of ether oxygens (including phenoxy) is 1. The first-order chi connectivity index (χ1) is 5.69. The number of hydrogen-bond donors (Lipinski definition) is 0. The highest BCUT2D eigenvalue weighted by Gasteiger charge is 2.12. The van der Waals surface area contributed by atoms with Gasteiger partial charge in [0.25, 0.3) is 0 Å². The predicted octanol–water partition coefficient (Wildman–Crippen LogP) is 1.71. The molecular weight excluding hydrogens is 224 g/mol. The molecule has 64 valence electrons. The number of carbonyl (C=O) groups is 1. The summed E-state index contributed by atoms with van der Waals surface area (Å²) in [5.74, 6) is 0.516. The van der Waals surface area contributed by atoms with Crippen LogP contribution >= 0.6 is 15.9 Å². The maximum atomic E-state index is 10.5. The Morgan fingerprint density at radius 2 is 2.25 bits per heavy atom. The zero-order valence-electron chi connectivity index (χ0n) is 6.43. The fourth-order valence-electron chi connectivity index (χ4n) is 0.856. The van der Waals surface area contributed by atoms with Crippen LogP contribution in [0.4, 0.5) is 0 Å². The SMILES string of the molecule is COc1cc(Br)cc(C=O)c1[OH2+]. The molecule has 0 amide bonds. The number of halogens is 1. The van der Waals surface area contributed by atoms with Crippen LogP contribution in [-0.2, 0) is 0 Å². The van der Waals surface area contributed by atoms with Gasteiger partial charge < -0.3 is 9.84 Å². The van der Waals surface area contributed by atoms with Gasteiger partial charge in [-0.05, 0) is 6.07 Å². The topological polar surface area (TPSA) is 49.2 Å². The molecule has 1 rings (SSSR count). The van der Waals surface area contributed by atoms with Crippen molar-refractivity contribution in [1.29, 1.82) is 0 Å². The zero-order chi connectivity index (χ0) is 9.14. The summed E-state index contributed by atoms with van der Waals surface area (Å²) >= 11 is 3.21. The number of rotatable bonds is 2. The van der Waals surface area contributed by atoms with Gasteiger partial charge in [-0.1, -0.05) is 15.9 Å². The Bertz CT molecular complexity index is 309. The smallest absolute Gasteiger partial charge is 0.307 e. The van der Waals surface area contributed by atoms with E-state index < -0.39 is 0 Å². The number of methoxy groups -OCH3 is 1. The molecule has 0 saturated carbocycles. The number of benzene rings is 1. The lowest BCUT2D eigenvalue weighted by molar-refractivity contribution is 0.112. The lowest BCUT2D eigenvalue weighted by atomic mass is 10.2. The van der Waals surface area contributed by atoms with E-state index >= 15 is 0 Å². The molecule has 2 N–H and O–H groups in total. The molecule has 0 aliphatic heterocycles. The van der Waals surface area contributed by atoms with Gasteiger partial charge in [-0.2, -0.15) is 0 Å². The van der Waals surface area contributed by atoms with E-state index in [1.54, 1.807) is 12.1 Å². The standard InChI is InChI=1S/C8H7BrO3/c1-12-7-3-6(9)2-5(4-10)8(7)11/h2-4,11H,1H3/p+1. The molecule has 0 unspecified atom stereocenters. The van der Waals surface area contributed by atoms with Crippen LogP contribution in [0.5, 0.6) is 11.5 Å². The molecular formula is C8H8BrO3+. The molecule has 0 atom stereocenters. The fourth-order valence-corrected chi connectivity index (χ4v) is 1.31. The van der Waals surface area contributed by atoms with Crippen molar-refractivity contribution in [2.24, 2.45) is 0 Å². The van der Waals surface area contributed by atoms with E-state index in [1.165, 1.54) is 7.11 Å². The molecule has 1 aromatic rings. The predicted molar refractivity (Wildman–Crippen MR) is 49.1 cm³/mol. The Morgan fingerprint density at radius 3 is 2.75 bits per heavy atom. The van der Waals surface area contributed by atoms with Gasteiger partial charge in [-0.3, -0.25) is 4.79 Å². The molecule has 0 aliphatic rings. The number of hydrogen-bond acceptors (Lipinski definition) is 2. The van der Waals surface area contributed by atoms with Gasteiger partial charge >= 0.3 is 5.75 Å². The fraction of sp³-hybridized carbons (Fsp3) is 0.125. The van der Waals surface area contributed by atoms with Crippen LogP contribution in [0.25, 0.3) is 0 Å². The van der Waals surface area contributed by atoms with Gasteiger partial charge in [0.15, 0.2) is 6.29 Å². The van der Waals surface area contributed by atoms with Crippen LogP contribution in [0.2, 0.25) is 0 Å². The summed E-state index contributed by atoms with van der Waals surface area (Å²) in [5.41, 5.74) is 0.321. The molecule has 0 radical (unpaired) electrons. The highest BCUT2D eigenvalue weighted by Crippen LogP contribution is 2.32. The van der Waals surface area contributed by atoms with E-state index in [9.17, 15) is 4.79 Å². The van der Waals surface area contributed by atoms with Gasteiger partial charge in [-0.25, -0.2) is 0 Å². The van der Waals surface area contributed by atoms with Crippen molar-refractivity contribution in [2.45, 2.75) is 0 Å². The summed E-state index contributed by atoms with van der Waals surface area (Å²) in [6.45, 7) is 0. The van der Waals surface area contributed by atoms with Gasteiger partial charge in [0.1, 0.15) is 5.56 Å². The average Bonchev–Trinajstić information content (AvgIpc) is 2.08. The van der Waals surface area contributed by atoms with E-state index in [0.29, 0.717) is 17.6 Å². The van der Waals surface area contributed by atoms with E-state index in [2.05, 4.69) is 15.9 Å². The third kappa shape index (κ3) is 1.58. The molecule has 4 heteroatoms. The first kappa shape index (κ1) is 9.06. The van der Waals surface area contributed by atoms with Gasteiger partial charge in [-0.15, -0.1) is 0 Å². The van der Waals surface area contributed by atoms with E-state index in [4.69, 9.17) is 9.84 Å². The molecule has 0 aromatic heterocycles. The second kappa shape index (κ2) is 3.58. The Kier molecular flexibility index (Phi) is 2.70. The monoisotopic (exact) mass is 231 g/mol. The number of aldehydes is 1. The summed E-state index contributed by atoms with van der Waals surface area (Å²) < 4.78 is 5.63. The summed E-state index contributed by atoms with van der Waals surface area (Å²) in [6, 6.07) is 3.23. The maximum absolute atomic E-state index is 10.5. The van der Waals surface area contributed by atoms with Crippen LogP contribution < -0.4 is 4.74 Å². The van der Waals surface area contributed by atoms with Crippen molar-refractivity contribution in [1.82, 2.24) is 0 Å². The van der Waals surface area contributed by atoms with Crippen molar-refractivity contribution < 1.29 is 14.6 Å². The second-order valence-corrected chi connectivity index (χ2v) is 3.11. The first-order valence-corrected chi connectivity index (χ1v) is 4.02. The van der Waals surface area contributed by atoms with Crippen molar-refractivity contribution in [3.63, 3.8) is 0 Å². The van der Waals surface area contributed by atoms with Crippen LogP contribution in [0.1, 0.15) is 10.4 Å². The number of carbonyl (C=O) groups excluding carboxylic acids is 1. The van der Waals surface area contributed by atoms with Crippen molar-refractivity contribution in [3.8, 4) is 11.5 Å². The van der Waals surface area contributed by atoms with Crippen molar-refractivity contribution >= 4 is 22.2 Å². The first-order valence-electron chi connectivity index (χ1n) is 3.23. The summed E-state index contributed by atoms with van der Waals surface area (Å²) in [5, 5.41) is 7.47. The summed E-state index contributed by atoms with van der Waals surface area (Å²) in [4.78, 5) is 10.5. The second-order valence-electron chi connectivity index (χ2n) is 2.19. The minimum Gasteiger partial charge on any atom is -0.590 e. The molecule has 1 aromatic carbocycles. The third-order valence-electron chi connectivity index (χ3n) is 1.44. The van der Waals surface area contributed by atoms with E-state index in [0.717, 1.165) is 4.47 Å². The lowest BCUT2D eigenvalue weighted by Crippen LogP contribution is -1.88. The largest absolute Gasteiger partial charge is 0.590 e. The van der Waals surface area contributed by atoms with Crippen LogP contribution in [0.3, 0.4) is 0 Å². The van der Waals surface area contributed by atoms with E-state index in [-0.39, 0.29) is 5.75 Å². The van der Waals surface area contributed by atoms with Gasteiger partial charge in [0.05, 0.1) is 7.11 Å². The normalized spacial score (nSPS) is 9.50. The average molecular weight is 232 g/mol. The zero-order valence-corrected chi connectivity index (χ0v) is 8.01. The highest BCUT2D eigenvalue weighted by molar-refractivity contribution is 9.10.